The van der Waals surface area contributed by atoms with Crippen LogP contribution in [0.4, 0.5) is 0 Å². The van der Waals surface area contributed by atoms with Crippen molar-refractivity contribution in [1.82, 2.24) is 0 Å². The minimum atomic E-state index is 0.304. The van der Waals surface area contributed by atoms with Crippen LogP contribution in [-0.2, 0) is 6.42 Å². The molecule has 1 aliphatic rings. The molecule has 0 amide bonds. The van der Waals surface area contributed by atoms with Gasteiger partial charge in [0, 0.05) is 6.61 Å². The van der Waals surface area contributed by atoms with Crippen LogP contribution in [-0.4, -0.2) is 11.7 Å². The van der Waals surface area contributed by atoms with E-state index in [0.29, 0.717) is 17.9 Å². The van der Waals surface area contributed by atoms with E-state index in [4.69, 9.17) is 4.42 Å². The van der Waals surface area contributed by atoms with Gasteiger partial charge in [0.15, 0.2) is 0 Å². The number of aliphatic hydroxyl groups excluding tert-OH is 1. The fraction of sp³-hybridized carbons (Fsp3) is 0.700. The minimum absolute atomic E-state index is 0.304. The first kappa shape index (κ1) is 17.3. The standard InChI is InChI=1S/C20H32O2/c1-15(2)18-8-7-16(3)20(4,19(18)6-5-12-21)11-9-17-10-13-22-14-17/h10,13-14,16,19,21H,5-9,11-12H2,1-4H3/t16-,19-,20-/m1/s1. The van der Waals surface area contributed by atoms with Crippen LogP contribution in [0.2, 0.25) is 0 Å². The van der Waals surface area contributed by atoms with E-state index in [1.165, 1.54) is 30.4 Å². The smallest absolute Gasteiger partial charge is 0.0934 e. The first-order chi connectivity index (χ1) is 10.5. The van der Waals surface area contributed by atoms with E-state index in [0.717, 1.165) is 25.2 Å². The second kappa shape index (κ2) is 7.50. The molecule has 0 aliphatic heterocycles. The third-order valence-electron chi connectivity index (χ3n) is 6.01. The molecule has 1 heterocycles. The summed E-state index contributed by atoms with van der Waals surface area (Å²) < 4.78 is 5.22. The Balaban J connectivity index is 2.22. The van der Waals surface area contributed by atoms with Crippen molar-refractivity contribution in [3.8, 4) is 0 Å². The van der Waals surface area contributed by atoms with E-state index in [-0.39, 0.29) is 0 Å². The molecule has 0 bridgehead atoms. The van der Waals surface area contributed by atoms with Crippen molar-refractivity contribution < 1.29 is 9.52 Å². The Morgan fingerprint density at radius 1 is 1.41 bits per heavy atom. The molecule has 1 saturated carbocycles. The second-order valence-electron chi connectivity index (χ2n) is 7.52. The SMILES string of the molecule is CC(C)=C1CC[C@@H](C)[C@@](C)(CCc2ccoc2)[C@@H]1CCCO. The number of aryl methyl sites for hydroxylation is 1. The van der Waals surface area contributed by atoms with Gasteiger partial charge in [-0.1, -0.05) is 25.0 Å². The molecule has 1 aromatic heterocycles. The lowest BCUT2D eigenvalue weighted by Crippen LogP contribution is -2.40. The van der Waals surface area contributed by atoms with E-state index in [9.17, 15) is 5.11 Å². The average molecular weight is 304 g/mol. The lowest BCUT2D eigenvalue weighted by atomic mass is 9.56. The topological polar surface area (TPSA) is 33.4 Å². The number of rotatable bonds is 6. The third kappa shape index (κ3) is 3.65. The first-order valence-electron chi connectivity index (χ1n) is 8.77. The molecule has 1 fully saturated rings. The number of hydrogen-bond donors (Lipinski definition) is 1. The molecule has 0 unspecified atom stereocenters. The molecule has 2 nitrogen and oxygen atoms in total. The fourth-order valence-electron chi connectivity index (χ4n) is 4.28. The number of hydrogen-bond acceptors (Lipinski definition) is 2. The highest BCUT2D eigenvalue weighted by Crippen LogP contribution is 2.53. The van der Waals surface area contributed by atoms with Gasteiger partial charge in [0.1, 0.15) is 0 Å². The van der Waals surface area contributed by atoms with Crippen LogP contribution in [0.3, 0.4) is 0 Å². The van der Waals surface area contributed by atoms with E-state index < -0.39 is 0 Å². The predicted molar refractivity (Wildman–Crippen MR) is 91.7 cm³/mol. The normalized spacial score (nSPS) is 28.9. The molecule has 2 heteroatoms. The van der Waals surface area contributed by atoms with E-state index in [2.05, 4.69) is 33.8 Å². The Hall–Kier alpha value is -1.02. The van der Waals surface area contributed by atoms with Crippen molar-refractivity contribution in [3.05, 3.63) is 35.3 Å². The lowest BCUT2D eigenvalue weighted by Gasteiger charge is -2.49. The van der Waals surface area contributed by atoms with Crippen molar-refractivity contribution in [1.29, 1.82) is 0 Å². The van der Waals surface area contributed by atoms with Crippen LogP contribution in [0.1, 0.15) is 65.4 Å². The molecule has 3 atom stereocenters. The van der Waals surface area contributed by atoms with Gasteiger partial charge in [-0.15, -0.1) is 0 Å². The highest BCUT2D eigenvalue weighted by molar-refractivity contribution is 5.21. The number of allylic oxidation sites excluding steroid dienone is 2. The maximum Gasteiger partial charge on any atom is 0.0934 e. The minimum Gasteiger partial charge on any atom is -0.472 e. The summed E-state index contributed by atoms with van der Waals surface area (Å²) in [6.45, 7) is 9.71. The second-order valence-corrected chi connectivity index (χ2v) is 7.52. The van der Waals surface area contributed by atoms with Crippen molar-refractivity contribution >= 4 is 0 Å². The summed E-state index contributed by atoms with van der Waals surface area (Å²) in [5.74, 6) is 1.34. The summed E-state index contributed by atoms with van der Waals surface area (Å²) in [5.41, 5.74) is 4.77. The summed E-state index contributed by atoms with van der Waals surface area (Å²) in [5, 5.41) is 9.31. The predicted octanol–water partition coefficient (Wildman–Crippen LogP) is 5.37. The zero-order valence-corrected chi connectivity index (χ0v) is 14.7. The lowest BCUT2D eigenvalue weighted by molar-refractivity contribution is 0.0675. The Morgan fingerprint density at radius 3 is 2.77 bits per heavy atom. The Labute approximate surface area is 135 Å². The van der Waals surface area contributed by atoms with Crippen molar-refractivity contribution in [3.63, 3.8) is 0 Å². The van der Waals surface area contributed by atoms with Gasteiger partial charge in [-0.3, -0.25) is 0 Å². The molecule has 1 N–H and O–H groups in total. The fourth-order valence-corrected chi connectivity index (χ4v) is 4.28. The molecular weight excluding hydrogens is 272 g/mol. The number of furan rings is 1. The maximum atomic E-state index is 9.31. The molecule has 0 saturated heterocycles. The summed E-state index contributed by atoms with van der Waals surface area (Å²) in [6.07, 6.45) is 10.5. The summed E-state index contributed by atoms with van der Waals surface area (Å²) in [4.78, 5) is 0. The van der Waals surface area contributed by atoms with Gasteiger partial charge in [-0.05, 0) is 81.3 Å². The van der Waals surface area contributed by atoms with Gasteiger partial charge in [-0.2, -0.15) is 0 Å². The summed E-state index contributed by atoms with van der Waals surface area (Å²) in [7, 11) is 0. The molecule has 124 valence electrons. The molecular formula is C20H32O2. The van der Waals surface area contributed by atoms with Crippen molar-refractivity contribution in [2.45, 2.75) is 66.2 Å². The molecule has 22 heavy (non-hydrogen) atoms. The average Bonchev–Trinajstić information content (AvgIpc) is 3.00. The number of aliphatic hydroxyl groups is 1. The highest BCUT2D eigenvalue weighted by Gasteiger charge is 2.43. The van der Waals surface area contributed by atoms with Crippen LogP contribution >= 0.6 is 0 Å². The van der Waals surface area contributed by atoms with Crippen LogP contribution in [0.25, 0.3) is 0 Å². The summed E-state index contributed by atoms with van der Waals surface area (Å²) >= 11 is 0. The van der Waals surface area contributed by atoms with E-state index >= 15 is 0 Å². The Morgan fingerprint density at radius 2 is 2.18 bits per heavy atom. The molecule has 1 aromatic rings. The molecule has 0 radical (unpaired) electrons. The van der Waals surface area contributed by atoms with Gasteiger partial charge < -0.3 is 9.52 Å². The third-order valence-corrected chi connectivity index (χ3v) is 6.01. The Bertz CT molecular complexity index is 482. The zero-order valence-electron chi connectivity index (χ0n) is 14.7. The monoisotopic (exact) mass is 304 g/mol. The van der Waals surface area contributed by atoms with Crippen LogP contribution in [0.5, 0.6) is 0 Å². The molecule has 2 rings (SSSR count). The zero-order chi connectivity index (χ0) is 16.2. The molecule has 1 aliphatic carbocycles. The van der Waals surface area contributed by atoms with Crippen molar-refractivity contribution in [2.24, 2.45) is 17.3 Å². The quantitative estimate of drug-likeness (QED) is 0.716. The van der Waals surface area contributed by atoms with Crippen LogP contribution in [0.15, 0.2) is 34.2 Å². The largest absolute Gasteiger partial charge is 0.472 e. The van der Waals surface area contributed by atoms with Gasteiger partial charge >= 0.3 is 0 Å². The van der Waals surface area contributed by atoms with Gasteiger partial charge in [0.05, 0.1) is 12.5 Å². The Kier molecular flexibility index (Phi) is 5.91. The van der Waals surface area contributed by atoms with Gasteiger partial charge in [0.25, 0.3) is 0 Å². The highest BCUT2D eigenvalue weighted by atomic mass is 16.3. The van der Waals surface area contributed by atoms with Crippen LogP contribution in [0, 0.1) is 17.3 Å². The molecule has 0 spiro atoms. The summed E-state index contributed by atoms with van der Waals surface area (Å²) in [6, 6.07) is 2.08. The molecule has 0 aromatic carbocycles. The van der Waals surface area contributed by atoms with Gasteiger partial charge in [0.2, 0.25) is 0 Å². The van der Waals surface area contributed by atoms with E-state index in [1.807, 2.05) is 6.26 Å². The van der Waals surface area contributed by atoms with Gasteiger partial charge in [-0.25, -0.2) is 0 Å². The van der Waals surface area contributed by atoms with E-state index in [1.54, 1.807) is 11.8 Å². The van der Waals surface area contributed by atoms with Crippen LogP contribution < -0.4 is 0 Å². The van der Waals surface area contributed by atoms with Crippen molar-refractivity contribution in [2.75, 3.05) is 6.61 Å². The first-order valence-corrected chi connectivity index (χ1v) is 8.77. The maximum absolute atomic E-state index is 9.31.